The summed E-state index contributed by atoms with van der Waals surface area (Å²) in [7, 11) is 0. The van der Waals surface area contributed by atoms with E-state index in [0.717, 1.165) is 70.6 Å². The lowest BCUT2D eigenvalue weighted by Crippen LogP contribution is -2.46. The molecule has 1 aliphatic heterocycles. The third-order valence-corrected chi connectivity index (χ3v) is 9.55. The number of aryl methyl sites for hydroxylation is 2. The third-order valence-electron chi connectivity index (χ3n) is 9.18. The second kappa shape index (κ2) is 14.9. The first-order chi connectivity index (χ1) is 22.8. The van der Waals surface area contributed by atoms with Crippen molar-refractivity contribution in [3.63, 3.8) is 0 Å². The SMILES string of the molecule is Cc1cccc(C)c1OCCOc1ccc(C2=C(C(=O)N(Cc3cc(CNC(=O)C4CC4)ccc3Cl)C3CC3)[C@@H](CO)NCC2)cc1. The fourth-order valence-corrected chi connectivity index (χ4v) is 6.44. The summed E-state index contributed by atoms with van der Waals surface area (Å²) in [6, 6.07) is 19.3. The summed E-state index contributed by atoms with van der Waals surface area (Å²) in [5.41, 5.74) is 6.48. The maximum atomic E-state index is 14.4. The van der Waals surface area contributed by atoms with E-state index in [0.29, 0.717) is 49.9 Å². The Hall–Kier alpha value is -3.85. The molecule has 3 N–H and O–H groups in total. The standard InChI is InChI=1S/C38H44ClN3O5/c1-24-4-3-5-25(2)36(24)47-19-18-46-31-13-9-27(10-14-31)32-16-17-40-34(23-43)35(32)38(45)42(30-11-12-30)22-29-20-26(6-15-33(29)39)21-41-37(44)28-7-8-28/h3-6,9-10,13-15,20,28,30,34,40,43H,7-8,11-12,16-19,21-23H2,1-2H3,(H,41,44)/t34-/m1/s1. The Morgan fingerprint density at radius 3 is 2.38 bits per heavy atom. The van der Waals surface area contributed by atoms with Gasteiger partial charge in [0.15, 0.2) is 0 Å². The number of benzene rings is 3. The molecule has 2 fully saturated rings. The molecule has 6 rings (SSSR count). The summed E-state index contributed by atoms with van der Waals surface area (Å²) < 4.78 is 12.0. The molecule has 47 heavy (non-hydrogen) atoms. The summed E-state index contributed by atoms with van der Waals surface area (Å²) >= 11 is 6.66. The van der Waals surface area contributed by atoms with Crippen molar-refractivity contribution < 1.29 is 24.2 Å². The predicted octanol–water partition coefficient (Wildman–Crippen LogP) is 5.74. The highest BCUT2D eigenvalue weighted by atomic mass is 35.5. The highest BCUT2D eigenvalue weighted by molar-refractivity contribution is 6.31. The Bertz CT molecular complexity index is 1610. The highest BCUT2D eigenvalue weighted by Crippen LogP contribution is 2.36. The average Bonchev–Trinajstić information content (AvgIpc) is 4.01. The van der Waals surface area contributed by atoms with Gasteiger partial charge in [-0.25, -0.2) is 0 Å². The minimum Gasteiger partial charge on any atom is -0.490 e. The smallest absolute Gasteiger partial charge is 0.252 e. The molecule has 1 heterocycles. The molecule has 0 bridgehead atoms. The van der Waals surface area contributed by atoms with Gasteiger partial charge in [0.25, 0.3) is 5.91 Å². The van der Waals surface area contributed by atoms with E-state index in [1.165, 1.54) is 0 Å². The van der Waals surface area contributed by atoms with Crippen LogP contribution in [0.2, 0.25) is 5.02 Å². The second-order valence-corrected chi connectivity index (χ2v) is 13.3. The molecule has 0 saturated heterocycles. The molecule has 8 nitrogen and oxygen atoms in total. The minimum atomic E-state index is -0.468. The lowest BCUT2D eigenvalue weighted by Gasteiger charge is -2.33. The predicted molar refractivity (Wildman–Crippen MR) is 183 cm³/mol. The molecular weight excluding hydrogens is 614 g/mol. The molecule has 2 saturated carbocycles. The summed E-state index contributed by atoms with van der Waals surface area (Å²) in [5, 5.41) is 17.3. The van der Waals surface area contributed by atoms with Crippen LogP contribution in [-0.2, 0) is 22.7 Å². The molecular formula is C38H44ClN3O5. The van der Waals surface area contributed by atoms with Gasteiger partial charge in [-0.05, 0) is 104 Å². The number of hydrogen-bond acceptors (Lipinski definition) is 6. The quantitative estimate of drug-likeness (QED) is 0.191. The zero-order valence-electron chi connectivity index (χ0n) is 27.2. The van der Waals surface area contributed by atoms with Gasteiger partial charge < -0.3 is 30.1 Å². The normalized spacial score (nSPS) is 17.7. The Morgan fingerprint density at radius 1 is 0.979 bits per heavy atom. The third kappa shape index (κ3) is 8.18. The first-order valence-electron chi connectivity index (χ1n) is 16.7. The summed E-state index contributed by atoms with van der Waals surface area (Å²) in [4.78, 5) is 28.5. The molecule has 0 unspecified atom stereocenters. The molecule has 0 spiro atoms. The Labute approximate surface area is 282 Å². The van der Waals surface area contributed by atoms with Gasteiger partial charge in [0.1, 0.15) is 24.7 Å². The van der Waals surface area contributed by atoms with Crippen molar-refractivity contribution in [2.75, 3.05) is 26.4 Å². The number of carbonyl (C=O) groups excluding carboxylic acids is 2. The number of carbonyl (C=O) groups is 2. The zero-order chi connectivity index (χ0) is 32.9. The number of halogens is 1. The van der Waals surface area contributed by atoms with Gasteiger partial charge in [0.05, 0.1) is 12.6 Å². The molecule has 248 valence electrons. The maximum Gasteiger partial charge on any atom is 0.252 e. The van der Waals surface area contributed by atoms with Gasteiger partial charge >= 0.3 is 0 Å². The number of nitrogens with one attached hydrogen (secondary N) is 2. The monoisotopic (exact) mass is 657 g/mol. The molecule has 0 radical (unpaired) electrons. The molecule has 0 aromatic heterocycles. The van der Waals surface area contributed by atoms with Crippen molar-refractivity contribution in [2.24, 2.45) is 5.92 Å². The Morgan fingerprint density at radius 2 is 1.70 bits per heavy atom. The number of aliphatic hydroxyl groups excluding tert-OH is 1. The van der Waals surface area contributed by atoms with Crippen LogP contribution in [0.1, 0.15) is 59.9 Å². The zero-order valence-corrected chi connectivity index (χ0v) is 27.9. The van der Waals surface area contributed by atoms with Gasteiger partial charge in [-0.15, -0.1) is 0 Å². The van der Waals surface area contributed by atoms with Gasteiger partial charge in [-0.3, -0.25) is 9.59 Å². The highest BCUT2D eigenvalue weighted by Gasteiger charge is 2.38. The second-order valence-electron chi connectivity index (χ2n) is 12.9. The number of hydrogen-bond donors (Lipinski definition) is 3. The van der Waals surface area contributed by atoms with Crippen LogP contribution in [0.3, 0.4) is 0 Å². The van der Waals surface area contributed by atoms with Crippen molar-refractivity contribution in [2.45, 2.75) is 71.1 Å². The molecule has 3 aliphatic rings. The molecule has 9 heteroatoms. The average molecular weight is 658 g/mol. The molecule has 2 aliphatic carbocycles. The fourth-order valence-electron chi connectivity index (χ4n) is 6.26. The van der Waals surface area contributed by atoms with Gasteiger partial charge in [-0.2, -0.15) is 0 Å². The lowest BCUT2D eigenvalue weighted by molar-refractivity contribution is -0.128. The van der Waals surface area contributed by atoms with Crippen LogP contribution in [0.5, 0.6) is 11.5 Å². The van der Waals surface area contributed by atoms with Crippen LogP contribution in [0.15, 0.2) is 66.2 Å². The molecule has 1 atom stereocenters. The largest absolute Gasteiger partial charge is 0.490 e. The van der Waals surface area contributed by atoms with E-state index in [9.17, 15) is 14.7 Å². The van der Waals surface area contributed by atoms with Crippen LogP contribution in [-0.4, -0.2) is 60.3 Å². The van der Waals surface area contributed by atoms with E-state index in [2.05, 4.69) is 10.6 Å². The number of aliphatic hydroxyl groups is 1. The van der Waals surface area contributed by atoms with E-state index in [4.69, 9.17) is 21.1 Å². The van der Waals surface area contributed by atoms with Crippen LogP contribution in [0.25, 0.3) is 5.57 Å². The number of amides is 2. The number of ether oxygens (including phenoxy) is 2. The summed E-state index contributed by atoms with van der Waals surface area (Å²) in [6.07, 6.45) is 4.44. The molecule has 3 aromatic carbocycles. The topological polar surface area (TPSA) is 100 Å². The Balaban J connectivity index is 1.16. The van der Waals surface area contributed by atoms with E-state index in [1.54, 1.807) is 0 Å². The van der Waals surface area contributed by atoms with E-state index >= 15 is 0 Å². The number of para-hydroxylation sites is 1. The molecule has 3 aromatic rings. The Kier molecular flexibility index (Phi) is 10.5. The summed E-state index contributed by atoms with van der Waals surface area (Å²) in [6.45, 7) is 6.18. The van der Waals surface area contributed by atoms with Gasteiger partial charge in [0.2, 0.25) is 5.91 Å². The van der Waals surface area contributed by atoms with Crippen molar-refractivity contribution in [3.8, 4) is 11.5 Å². The summed E-state index contributed by atoms with van der Waals surface area (Å²) in [5.74, 6) is 1.78. The minimum absolute atomic E-state index is 0.0822. The lowest BCUT2D eigenvalue weighted by atomic mass is 9.88. The van der Waals surface area contributed by atoms with E-state index < -0.39 is 6.04 Å². The van der Waals surface area contributed by atoms with Gasteiger partial charge in [-0.1, -0.05) is 54.1 Å². The fraction of sp³-hybridized carbons (Fsp3) is 0.421. The van der Waals surface area contributed by atoms with Crippen LogP contribution < -0.4 is 20.1 Å². The number of rotatable bonds is 14. The van der Waals surface area contributed by atoms with E-state index in [1.807, 2.05) is 79.4 Å². The first-order valence-corrected chi connectivity index (χ1v) is 17.1. The van der Waals surface area contributed by atoms with Crippen molar-refractivity contribution >= 4 is 29.0 Å². The van der Waals surface area contributed by atoms with Crippen LogP contribution in [0.4, 0.5) is 0 Å². The van der Waals surface area contributed by atoms with Crippen LogP contribution in [0, 0.1) is 19.8 Å². The van der Waals surface area contributed by atoms with Crippen molar-refractivity contribution in [1.82, 2.24) is 15.5 Å². The number of nitrogens with zero attached hydrogens (tertiary/aromatic N) is 1. The van der Waals surface area contributed by atoms with Gasteiger partial charge in [0, 0.05) is 35.6 Å². The van der Waals surface area contributed by atoms with Crippen molar-refractivity contribution in [1.29, 1.82) is 0 Å². The maximum absolute atomic E-state index is 14.4. The van der Waals surface area contributed by atoms with Crippen LogP contribution >= 0.6 is 11.6 Å². The van der Waals surface area contributed by atoms with Crippen molar-refractivity contribution in [3.05, 3.63) is 99.1 Å². The molecule has 2 amide bonds. The van der Waals surface area contributed by atoms with E-state index in [-0.39, 0.29) is 30.4 Å². The first kappa shape index (κ1) is 33.1.